The van der Waals surface area contributed by atoms with Gasteiger partial charge in [0.2, 0.25) is 0 Å². The standard InChI is InChI=1S/C15H20N6/c1-3-8-16-13(15-9-18-19-20(15)2)10-21-11-17-12-6-4-5-7-14(12)21/h4-7,9,11,13,16H,3,8,10H2,1-2H3. The molecule has 110 valence electrons. The lowest BCUT2D eigenvalue weighted by molar-refractivity contribution is 0.442. The highest BCUT2D eigenvalue weighted by Crippen LogP contribution is 2.18. The molecule has 0 radical (unpaired) electrons. The number of hydrogen-bond acceptors (Lipinski definition) is 4. The fourth-order valence-corrected chi connectivity index (χ4v) is 2.55. The number of benzene rings is 1. The third kappa shape index (κ3) is 2.80. The predicted octanol–water partition coefficient (Wildman–Crippen LogP) is 1.91. The third-order valence-corrected chi connectivity index (χ3v) is 3.65. The topological polar surface area (TPSA) is 60.6 Å². The second-order valence-corrected chi connectivity index (χ2v) is 5.17. The van der Waals surface area contributed by atoms with E-state index in [0.717, 1.165) is 36.2 Å². The Balaban J connectivity index is 1.89. The Morgan fingerprint density at radius 2 is 2.14 bits per heavy atom. The Labute approximate surface area is 123 Å². The predicted molar refractivity (Wildman–Crippen MR) is 81.8 cm³/mol. The van der Waals surface area contributed by atoms with Crippen LogP contribution in [0.1, 0.15) is 25.1 Å². The molecule has 2 heterocycles. The van der Waals surface area contributed by atoms with Gasteiger partial charge in [0.25, 0.3) is 0 Å². The number of para-hydroxylation sites is 2. The van der Waals surface area contributed by atoms with Gasteiger partial charge in [-0.05, 0) is 25.1 Å². The first-order valence-corrected chi connectivity index (χ1v) is 7.27. The van der Waals surface area contributed by atoms with E-state index >= 15 is 0 Å². The zero-order valence-corrected chi connectivity index (χ0v) is 12.4. The van der Waals surface area contributed by atoms with Crippen molar-refractivity contribution >= 4 is 11.0 Å². The monoisotopic (exact) mass is 284 g/mol. The molecule has 0 aliphatic rings. The molecule has 1 unspecified atom stereocenters. The van der Waals surface area contributed by atoms with Gasteiger partial charge in [-0.3, -0.25) is 4.68 Å². The summed E-state index contributed by atoms with van der Waals surface area (Å²) in [5.74, 6) is 0. The van der Waals surface area contributed by atoms with Crippen molar-refractivity contribution in [1.29, 1.82) is 0 Å². The third-order valence-electron chi connectivity index (χ3n) is 3.65. The molecule has 21 heavy (non-hydrogen) atoms. The summed E-state index contributed by atoms with van der Waals surface area (Å²) in [6.07, 6.45) is 4.81. The van der Waals surface area contributed by atoms with Crippen LogP contribution in [0.2, 0.25) is 0 Å². The molecule has 1 N–H and O–H groups in total. The Bertz CT molecular complexity index is 714. The highest BCUT2D eigenvalue weighted by atomic mass is 15.4. The summed E-state index contributed by atoms with van der Waals surface area (Å²) in [4.78, 5) is 4.45. The fraction of sp³-hybridized carbons (Fsp3) is 0.400. The molecule has 1 atom stereocenters. The summed E-state index contributed by atoms with van der Waals surface area (Å²) in [5.41, 5.74) is 3.26. The molecule has 0 spiro atoms. The van der Waals surface area contributed by atoms with E-state index in [1.165, 1.54) is 0 Å². The number of nitrogens with zero attached hydrogens (tertiary/aromatic N) is 5. The summed E-state index contributed by atoms with van der Waals surface area (Å²) >= 11 is 0. The Morgan fingerprint density at radius 1 is 1.29 bits per heavy atom. The van der Waals surface area contributed by atoms with Crippen molar-refractivity contribution in [2.24, 2.45) is 7.05 Å². The minimum absolute atomic E-state index is 0.169. The largest absolute Gasteiger partial charge is 0.329 e. The first kappa shape index (κ1) is 13.8. The molecule has 6 nitrogen and oxygen atoms in total. The first-order valence-electron chi connectivity index (χ1n) is 7.27. The molecule has 0 bridgehead atoms. The van der Waals surface area contributed by atoms with Crippen molar-refractivity contribution in [3.05, 3.63) is 42.5 Å². The fourth-order valence-electron chi connectivity index (χ4n) is 2.55. The van der Waals surface area contributed by atoms with E-state index in [0.29, 0.717) is 0 Å². The molecule has 0 saturated heterocycles. The van der Waals surface area contributed by atoms with Gasteiger partial charge in [-0.15, -0.1) is 5.10 Å². The average molecular weight is 284 g/mol. The van der Waals surface area contributed by atoms with E-state index in [2.05, 4.69) is 38.2 Å². The van der Waals surface area contributed by atoms with E-state index in [4.69, 9.17) is 0 Å². The maximum Gasteiger partial charge on any atom is 0.0958 e. The molecule has 0 saturated carbocycles. The number of rotatable bonds is 6. The minimum atomic E-state index is 0.169. The number of aromatic nitrogens is 5. The van der Waals surface area contributed by atoms with Gasteiger partial charge in [-0.2, -0.15) is 0 Å². The van der Waals surface area contributed by atoms with Crippen molar-refractivity contribution in [1.82, 2.24) is 29.9 Å². The number of hydrogen-bond donors (Lipinski definition) is 1. The summed E-state index contributed by atoms with van der Waals surface area (Å²) in [7, 11) is 1.93. The van der Waals surface area contributed by atoms with Gasteiger partial charge in [-0.1, -0.05) is 24.3 Å². The van der Waals surface area contributed by atoms with Gasteiger partial charge >= 0.3 is 0 Å². The second-order valence-electron chi connectivity index (χ2n) is 5.17. The molecule has 0 amide bonds. The highest BCUT2D eigenvalue weighted by Gasteiger charge is 2.16. The minimum Gasteiger partial charge on any atom is -0.329 e. The van der Waals surface area contributed by atoms with Gasteiger partial charge in [0.1, 0.15) is 0 Å². The van der Waals surface area contributed by atoms with Crippen LogP contribution in [0.4, 0.5) is 0 Å². The van der Waals surface area contributed by atoms with Gasteiger partial charge < -0.3 is 9.88 Å². The Kier molecular flexibility index (Phi) is 3.96. The number of aryl methyl sites for hydroxylation is 1. The molecule has 0 aliphatic carbocycles. The van der Waals surface area contributed by atoms with Crippen LogP contribution >= 0.6 is 0 Å². The van der Waals surface area contributed by atoms with Gasteiger partial charge in [0.05, 0.1) is 35.3 Å². The first-order chi connectivity index (χ1) is 10.3. The molecule has 0 fully saturated rings. The van der Waals surface area contributed by atoms with E-state index < -0.39 is 0 Å². The van der Waals surface area contributed by atoms with Crippen LogP contribution in [-0.2, 0) is 13.6 Å². The maximum atomic E-state index is 4.45. The quantitative estimate of drug-likeness (QED) is 0.751. The van der Waals surface area contributed by atoms with Crippen molar-refractivity contribution in [3.8, 4) is 0 Å². The molecular formula is C15H20N6. The molecule has 2 aromatic heterocycles. The van der Waals surface area contributed by atoms with Crippen LogP contribution in [0.3, 0.4) is 0 Å². The summed E-state index contributed by atoms with van der Waals surface area (Å²) in [5, 5.41) is 11.6. The second kappa shape index (κ2) is 6.05. The SMILES string of the molecule is CCCNC(Cn1cnc2ccccc21)c1cnnn1C. The average Bonchev–Trinajstić information content (AvgIpc) is 3.10. The summed E-state index contributed by atoms with van der Waals surface area (Å²) in [6.45, 7) is 3.93. The van der Waals surface area contributed by atoms with E-state index in [9.17, 15) is 0 Å². The Hall–Kier alpha value is -2.21. The van der Waals surface area contributed by atoms with Crippen molar-refractivity contribution in [2.75, 3.05) is 6.54 Å². The number of fused-ring (bicyclic) bond motifs is 1. The normalized spacial score (nSPS) is 12.9. The van der Waals surface area contributed by atoms with E-state index in [1.54, 1.807) is 0 Å². The van der Waals surface area contributed by atoms with Crippen LogP contribution in [0, 0.1) is 0 Å². The van der Waals surface area contributed by atoms with Gasteiger partial charge in [-0.25, -0.2) is 4.98 Å². The van der Waals surface area contributed by atoms with E-state index in [-0.39, 0.29) is 6.04 Å². The summed E-state index contributed by atoms with van der Waals surface area (Å²) < 4.78 is 4.00. The van der Waals surface area contributed by atoms with Gasteiger partial charge in [0.15, 0.2) is 0 Å². The van der Waals surface area contributed by atoms with Crippen LogP contribution in [0.15, 0.2) is 36.8 Å². The van der Waals surface area contributed by atoms with Crippen LogP contribution in [0.5, 0.6) is 0 Å². The smallest absolute Gasteiger partial charge is 0.0958 e. The van der Waals surface area contributed by atoms with Crippen molar-refractivity contribution in [2.45, 2.75) is 25.9 Å². The van der Waals surface area contributed by atoms with Gasteiger partial charge in [0, 0.05) is 13.6 Å². The van der Waals surface area contributed by atoms with Crippen molar-refractivity contribution in [3.63, 3.8) is 0 Å². The Morgan fingerprint density at radius 3 is 2.90 bits per heavy atom. The molecule has 3 rings (SSSR count). The lowest BCUT2D eigenvalue weighted by Gasteiger charge is -2.19. The maximum absolute atomic E-state index is 4.45. The molecule has 0 aliphatic heterocycles. The van der Waals surface area contributed by atoms with Crippen LogP contribution in [0.25, 0.3) is 11.0 Å². The molecule has 3 aromatic rings. The number of nitrogens with one attached hydrogen (secondary N) is 1. The summed E-state index contributed by atoms with van der Waals surface area (Å²) in [6, 6.07) is 8.35. The van der Waals surface area contributed by atoms with Crippen LogP contribution < -0.4 is 5.32 Å². The highest BCUT2D eigenvalue weighted by molar-refractivity contribution is 5.74. The number of imidazole rings is 1. The lowest BCUT2D eigenvalue weighted by atomic mass is 10.2. The molecular weight excluding hydrogens is 264 g/mol. The van der Waals surface area contributed by atoms with Crippen LogP contribution in [-0.4, -0.2) is 31.1 Å². The zero-order chi connectivity index (χ0) is 14.7. The van der Waals surface area contributed by atoms with Crippen molar-refractivity contribution < 1.29 is 0 Å². The van der Waals surface area contributed by atoms with E-state index in [1.807, 2.05) is 42.5 Å². The zero-order valence-electron chi connectivity index (χ0n) is 12.4. The lowest BCUT2D eigenvalue weighted by Crippen LogP contribution is -2.28. The molecule has 1 aromatic carbocycles. The molecule has 6 heteroatoms.